The summed E-state index contributed by atoms with van der Waals surface area (Å²) in [6, 6.07) is 3.86. The monoisotopic (exact) mass is 398 g/mol. The van der Waals surface area contributed by atoms with Gasteiger partial charge in [-0.05, 0) is 43.2 Å². The Hall–Kier alpha value is -2.68. The van der Waals surface area contributed by atoms with Crippen LogP contribution < -0.4 is 10.6 Å². The maximum atomic E-state index is 12.9. The SMILES string of the molecule is Cn1c(C2C(C3CC3)CCN2c2ccnc(C(=O)N3CCOCC3)c2)n[nH]c1=O. The Bertz CT molecular complexity index is 959. The molecule has 0 aromatic carbocycles. The molecule has 1 amide bonds. The number of ether oxygens (including phenoxy) is 1. The number of carbonyl (C=O) groups is 1. The Labute approximate surface area is 168 Å². The number of pyridine rings is 1. The molecule has 3 fully saturated rings. The van der Waals surface area contributed by atoms with Crippen molar-refractivity contribution in [3.8, 4) is 0 Å². The van der Waals surface area contributed by atoms with Gasteiger partial charge in [0.15, 0.2) is 5.82 Å². The third-order valence-electron chi connectivity index (χ3n) is 6.44. The average Bonchev–Trinajstić information content (AvgIpc) is 3.44. The van der Waals surface area contributed by atoms with E-state index in [4.69, 9.17) is 4.74 Å². The molecule has 1 aliphatic carbocycles. The molecular weight excluding hydrogens is 372 g/mol. The van der Waals surface area contributed by atoms with Crippen molar-refractivity contribution in [1.82, 2.24) is 24.6 Å². The molecule has 9 nitrogen and oxygen atoms in total. The summed E-state index contributed by atoms with van der Waals surface area (Å²) < 4.78 is 6.96. The summed E-state index contributed by atoms with van der Waals surface area (Å²) in [6.45, 7) is 3.19. The van der Waals surface area contributed by atoms with Crippen LogP contribution in [0.25, 0.3) is 0 Å². The van der Waals surface area contributed by atoms with Crippen molar-refractivity contribution in [2.24, 2.45) is 18.9 Å². The van der Waals surface area contributed by atoms with E-state index in [-0.39, 0.29) is 17.6 Å². The van der Waals surface area contributed by atoms with Crippen LogP contribution in [0.15, 0.2) is 23.1 Å². The highest BCUT2D eigenvalue weighted by atomic mass is 16.5. The fourth-order valence-corrected chi connectivity index (χ4v) is 4.72. The highest BCUT2D eigenvalue weighted by Crippen LogP contribution is 2.50. The molecule has 2 atom stereocenters. The highest BCUT2D eigenvalue weighted by molar-refractivity contribution is 5.93. The van der Waals surface area contributed by atoms with Crippen LogP contribution in [0.5, 0.6) is 0 Å². The molecule has 0 radical (unpaired) electrons. The minimum atomic E-state index is -0.195. The maximum Gasteiger partial charge on any atom is 0.343 e. The summed E-state index contributed by atoms with van der Waals surface area (Å²) in [5.74, 6) is 1.86. The second-order valence-corrected chi connectivity index (χ2v) is 8.18. The molecule has 0 spiro atoms. The van der Waals surface area contributed by atoms with Crippen LogP contribution in [-0.4, -0.2) is 63.4 Å². The quantitative estimate of drug-likeness (QED) is 0.824. The lowest BCUT2D eigenvalue weighted by Gasteiger charge is -2.30. The lowest BCUT2D eigenvalue weighted by atomic mass is 9.94. The average molecular weight is 398 g/mol. The van der Waals surface area contributed by atoms with Gasteiger partial charge < -0.3 is 14.5 Å². The van der Waals surface area contributed by atoms with Crippen LogP contribution in [0.4, 0.5) is 5.69 Å². The number of carbonyl (C=O) groups excluding carboxylic acids is 1. The van der Waals surface area contributed by atoms with E-state index in [1.165, 1.54) is 12.8 Å². The molecule has 2 aliphatic heterocycles. The van der Waals surface area contributed by atoms with Gasteiger partial charge >= 0.3 is 5.69 Å². The molecule has 2 aromatic rings. The number of nitrogens with one attached hydrogen (secondary N) is 1. The van der Waals surface area contributed by atoms with Crippen LogP contribution in [0.2, 0.25) is 0 Å². The number of amides is 1. The molecule has 0 bridgehead atoms. The summed E-state index contributed by atoms with van der Waals surface area (Å²) in [6.07, 6.45) is 5.24. The zero-order valence-corrected chi connectivity index (χ0v) is 16.6. The van der Waals surface area contributed by atoms with Gasteiger partial charge in [-0.3, -0.25) is 14.3 Å². The Morgan fingerprint density at radius 3 is 2.69 bits per heavy atom. The van der Waals surface area contributed by atoms with Crippen LogP contribution in [0.1, 0.15) is 41.6 Å². The van der Waals surface area contributed by atoms with E-state index in [0.717, 1.165) is 24.5 Å². The minimum absolute atomic E-state index is 0.0280. The molecular formula is C20H26N6O3. The van der Waals surface area contributed by atoms with Gasteiger partial charge in [0, 0.05) is 38.6 Å². The lowest BCUT2D eigenvalue weighted by molar-refractivity contribution is 0.0299. The molecule has 4 heterocycles. The van der Waals surface area contributed by atoms with Crippen molar-refractivity contribution in [3.05, 3.63) is 40.3 Å². The molecule has 9 heteroatoms. The zero-order chi connectivity index (χ0) is 20.0. The summed E-state index contributed by atoms with van der Waals surface area (Å²) in [5, 5.41) is 6.93. The Balaban J connectivity index is 1.46. The summed E-state index contributed by atoms with van der Waals surface area (Å²) >= 11 is 0. The Kier molecular flexibility index (Phi) is 4.61. The summed E-state index contributed by atoms with van der Waals surface area (Å²) in [4.78, 5) is 33.3. The molecule has 1 N–H and O–H groups in total. The maximum absolute atomic E-state index is 12.9. The van der Waals surface area contributed by atoms with Gasteiger partial charge in [0.25, 0.3) is 5.91 Å². The van der Waals surface area contributed by atoms with E-state index in [0.29, 0.717) is 43.8 Å². The fraction of sp³-hybridized carbons (Fsp3) is 0.600. The van der Waals surface area contributed by atoms with E-state index in [2.05, 4.69) is 20.1 Å². The first-order valence-electron chi connectivity index (χ1n) is 10.3. The van der Waals surface area contributed by atoms with E-state index in [1.807, 2.05) is 12.1 Å². The molecule has 2 saturated heterocycles. The van der Waals surface area contributed by atoms with E-state index in [1.54, 1.807) is 22.7 Å². The van der Waals surface area contributed by atoms with Gasteiger partial charge in [0.05, 0.1) is 19.3 Å². The van der Waals surface area contributed by atoms with Crippen molar-refractivity contribution < 1.29 is 9.53 Å². The second-order valence-electron chi connectivity index (χ2n) is 8.18. The van der Waals surface area contributed by atoms with Gasteiger partial charge in [-0.25, -0.2) is 9.89 Å². The number of hydrogen-bond donors (Lipinski definition) is 1. The van der Waals surface area contributed by atoms with Gasteiger partial charge in [0.2, 0.25) is 0 Å². The normalized spacial score (nSPS) is 24.9. The van der Waals surface area contributed by atoms with Crippen molar-refractivity contribution in [1.29, 1.82) is 0 Å². The first kappa shape index (κ1) is 18.4. The molecule has 5 rings (SSSR count). The van der Waals surface area contributed by atoms with Crippen molar-refractivity contribution in [3.63, 3.8) is 0 Å². The van der Waals surface area contributed by atoms with E-state index in [9.17, 15) is 9.59 Å². The van der Waals surface area contributed by atoms with Gasteiger partial charge in [0.1, 0.15) is 5.69 Å². The zero-order valence-electron chi connectivity index (χ0n) is 16.6. The minimum Gasteiger partial charge on any atom is -0.378 e. The third kappa shape index (κ3) is 3.33. The largest absolute Gasteiger partial charge is 0.378 e. The number of H-pyrrole nitrogens is 1. The van der Waals surface area contributed by atoms with E-state index >= 15 is 0 Å². The van der Waals surface area contributed by atoms with Crippen LogP contribution in [0, 0.1) is 11.8 Å². The molecule has 2 aromatic heterocycles. The number of morpholine rings is 1. The standard InChI is InChI=1S/C20H26N6O3/c1-24-18(22-23-20(24)28)17-15(13-2-3-13)5-7-26(17)14-4-6-21-16(12-14)19(27)25-8-10-29-11-9-25/h4,6,12-13,15,17H,2-3,5,7-11H2,1H3,(H,23,28). The molecule has 154 valence electrons. The molecule has 3 aliphatic rings. The summed E-state index contributed by atoms with van der Waals surface area (Å²) in [7, 11) is 1.77. The van der Waals surface area contributed by atoms with Gasteiger partial charge in [-0.2, -0.15) is 5.10 Å². The number of hydrogen-bond acceptors (Lipinski definition) is 6. The van der Waals surface area contributed by atoms with E-state index < -0.39 is 0 Å². The molecule has 2 unspecified atom stereocenters. The number of anilines is 1. The number of rotatable bonds is 4. The number of aromatic amines is 1. The Morgan fingerprint density at radius 2 is 2.00 bits per heavy atom. The van der Waals surface area contributed by atoms with Crippen molar-refractivity contribution in [2.45, 2.75) is 25.3 Å². The topological polar surface area (TPSA) is 96.3 Å². The van der Waals surface area contributed by atoms with Crippen molar-refractivity contribution in [2.75, 3.05) is 37.7 Å². The number of aromatic nitrogens is 4. The predicted octanol–water partition coefficient (Wildman–Crippen LogP) is 0.953. The fourth-order valence-electron chi connectivity index (χ4n) is 4.72. The predicted molar refractivity (Wildman–Crippen MR) is 106 cm³/mol. The molecule has 1 saturated carbocycles. The Morgan fingerprint density at radius 1 is 1.21 bits per heavy atom. The summed E-state index contributed by atoms with van der Waals surface area (Å²) in [5.41, 5.74) is 1.22. The third-order valence-corrected chi connectivity index (χ3v) is 6.44. The lowest BCUT2D eigenvalue weighted by Crippen LogP contribution is -2.41. The van der Waals surface area contributed by atoms with Crippen molar-refractivity contribution >= 4 is 11.6 Å². The first-order chi connectivity index (χ1) is 14.1. The second kappa shape index (κ2) is 7.29. The van der Waals surface area contributed by atoms with Gasteiger partial charge in [-0.1, -0.05) is 0 Å². The smallest absolute Gasteiger partial charge is 0.343 e. The first-order valence-corrected chi connectivity index (χ1v) is 10.3. The number of nitrogens with zero attached hydrogens (tertiary/aromatic N) is 5. The molecule has 29 heavy (non-hydrogen) atoms. The van der Waals surface area contributed by atoms with Gasteiger partial charge in [-0.15, -0.1) is 0 Å². The van der Waals surface area contributed by atoms with Crippen LogP contribution in [0.3, 0.4) is 0 Å². The highest BCUT2D eigenvalue weighted by Gasteiger charge is 2.46. The van der Waals surface area contributed by atoms with Crippen LogP contribution >= 0.6 is 0 Å². The van der Waals surface area contributed by atoms with Crippen LogP contribution in [-0.2, 0) is 11.8 Å².